The number of carboxylic acid groups (broad SMARTS) is 1. The molecule has 0 fully saturated rings. The first-order valence-corrected chi connectivity index (χ1v) is 8.56. The van der Waals surface area contributed by atoms with Crippen molar-refractivity contribution < 1.29 is 14.7 Å². The Morgan fingerprint density at radius 1 is 0.889 bits per heavy atom. The number of aryl methyl sites for hydroxylation is 2. The van der Waals surface area contributed by atoms with Crippen LogP contribution in [0.3, 0.4) is 0 Å². The van der Waals surface area contributed by atoms with Crippen molar-refractivity contribution in [1.29, 1.82) is 0 Å². The Hall–Kier alpha value is -3.47. The van der Waals surface area contributed by atoms with E-state index in [-0.39, 0.29) is 11.5 Å². The standard InChI is InChI=1S/C22H20N2O3/c1-13-9-11-17(22(26)27)15(3)19(13)24-21(25)20-14(2)10-12-18(23-20)16-7-5-4-6-8-16/h4-12H,1-3H3,(H,24,25)(H,26,27). The zero-order valence-electron chi connectivity index (χ0n) is 15.4. The van der Waals surface area contributed by atoms with Crippen molar-refractivity contribution >= 4 is 17.6 Å². The molecule has 0 saturated carbocycles. The highest BCUT2D eigenvalue weighted by Crippen LogP contribution is 2.25. The van der Waals surface area contributed by atoms with Crippen LogP contribution in [-0.4, -0.2) is 22.0 Å². The van der Waals surface area contributed by atoms with Gasteiger partial charge < -0.3 is 10.4 Å². The summed E-state index contributed by atoms with van der Waals surface area (Å²) in [6.07, 6.45) is 0. The number of carbonyl (C=O) groups is 2. The highest BCUT2D eigenvalue weighted by molar-refractivity contribution is 6.06. The van der Waals surface area contributed by atoms with Crippen molar-refractivity contribution in [3.05, 3.63) is 82.5 Å². The van der Waals surface area contributed by atoms with Gasteiger partial charge in [0.25, 0.3) is 5.91 Å². The number of aromatic carboxylic acids is 1. The average Bonchev–Trinajstić information content (AvgIpc) is 2.65. The molecule has 3 rings (SSSR count). The van der Waals surface area contributed by atoms with Gasteiger partial charge in [-0.15, -0.1) is 0 Å². The fraction of sp³-hybridized carbons (Fsp3) is 0.136. The lowest BCUT2D eigenvalue weighted by Crippen LogP contribution is -2.18. The number of rotatable bonds is 4. The molecule has 0 aliphatic heterocycles. The molecule has 0 aliphatic rings. The van der Waals surface area contributed by atoms with E-state index in [1.165, 1.54) is 0 Å². The average molecular weight is 360 g/mol. The van der Waals surface area contributed by atoms with Crippen molar-refractivity contribution in [2.75, 3.05) is 5.32 Å². The Labute approximate surface area is 157 Å². The van der Waals surface area contributed by atoms with Gasteiger partial charge in [-0.05, 0) is 49.6 Å². The molecular formula is C22H20N2O3. The number of pyridine rings is 1. The minimum Gasteiger partial charge on any atom is -0.478 e. The molecule has 0 aliphatic carbocycles. The summed E-state index contributed by atoms with van der Waals surface area (Å²) in [6.45, 7) is 5.34. The molecule has 3 aromatic rings. The Morgan fingerprint density at radius 3 is 2.22 bits per heavy atom. The molecule has 0 unspecified atom stereocenters. The molecule has 1 heterocycles. The van der Waals surface area contributed by atoms with Gasteiger partial charge in [-0.25, -0.2) is 9.78 Å². The molecule has 0 bridgehead atoms. The second-order valence-electron chi connectivity index (χ2n) is 6.42. The van der Waals surface area contributed by atoms with Crippen LogP contribution >= 0.6 is 0 Å². The van der Waals surface area contributed by atoms with Crippen LogP contribution < -0.4 is 5.32 Å². The minimum atomic E-state index is -1.02. The van der Waals surface area contributed by atoms with Crippen LogP contribution in [0.5, 0.6) is 0 Å². The summed E-state index contributed by atoms with van der Waals surface area (Å²) in [5.41, 5.74) is 4.68. The van der Waals surface area contributed by atoms with Gasteiger partial charge in [0.05, 0.1) is 11.3 Å². The molecule has 0 atom stereocenters. The van der Waals surface area contributed by atoms with E-state index >= 15 is 0 Å². The molecule has 5 nitrogen and oxygen atoms in total. The van der Waals surface area contributed by atoms with Crippen molar-refractivity contribution in [3.63, 3.8) is 0 Å². The highest BCUT2D eigenvalue weighted by Gasteiger charge is 2.18. The maximum absolute atomic E-state index is 12.9. The van der Waals surface area contributed by atoms with Gasteiger partial charge in [-0.3, -0.25) is 4.79 Å². The van der Waals surface area contributed by atoms with E-state index in [4.69, 9.17) is 0 Å². The van der Waals surface area contributed by atoms with Crippen LogP contribution in [0.1, 0.15) is 37.5 Å². The van der Waals surface area contributed by atoms with Crippen LogP contribution in [0.15, 0.2) is 54.6 Å². The van der Waals surface area contributed by atoms with Gasteiger partial charge >= 0.3 is 5.97 Å². The van der Waals surface area contributed by atoms with Crippen LogP contribution in [-0.2, 0) is 0 Å². The lowest BCUT2D eigenvalue weighted by atomic mass is 10.0. The van der Waals surface area contributed by atoms with Crippen LogP contribution in [0.4, 0.5) is 5.69 Å². The Morgan fingerprint density at radius 2 is 1.56 bits per heavy atom. The Bertz CT molecular complexity index is 1030. The lowest BCUT2D eigenvalue weighted by Gasteiger charge is -2.15. The Kier molecular flexibility index (Phi) is 5.03. The van der Waals surface area contributed by atoms with E-state index in [9.17, 15) is 14.7 Å². The number of carbonyl (C=O) groups excluding carboxylic acids is 1. The van der Waals surface area contributed by atoms with Crippen molar-refractivity contribution in [2.45, 2.75) is 20.8 Å². The number of amides is 1. The molecule has 27 heavy (non-hydrogen) atoms. The summed E-state index contributed by atoms with van der Waals surface area (Å²) >= 11 is 0. The summed E-state index contributed by atoms with van der Waals surface area (Å²) < 4.78 is 0. The third kappa shape index (κ3) is 3.72. The van der Waals surface area contributed by atoms with Gasteiger partial charge in [0.1, 0.15) is 5.69 Å². The van der Waals surface area contributed by atoms with Crippen molar-refractivity contribution in [2.24, 2.45) is 0 Å². The molecule has 136 valence electrons. The molecule has 0 radical (unpaired) electrons. The van der Waals surface area contributed by atoms with E-state index in [0.717, 1.165) is 16.7 Å². The summed E-state index contributed by atoms with van der Waals surface area (Å²) in [5, 5.41) is 12.2. The zero-order chi connectivity index (χ0) is 19.6. The SMILES string of the molecule is Cc1ccc(-c2ccccc2)nc1C(=O)Nc1c(C)ccc(C(=O)O)c1C. The third-order valence-corrected chi connectivity index (χ3v) is 4.52. The zero-order valence-corrected chi connectivity index (χ0v) is 15.4. The van der Waals surface area contributed by atoms with Crippen LogP contribution in [0.2, 0.25) is 0 Å². The van der Waals surface area contributed by atoms with E-state index < -0.39 is 5.97 Å². The smallest absolute Gasteiger partial charge is 0.336 e. The molecule has 5 heteroatoms. The van der Waals surface area contributed by atoms with E-state index in [0.29, 0.717) is 22.6 Å². The van der Waals surface area contributed by atoms with Crippen molar-refractivity contribution in [1.82, 2.24) is 4.98 Å². The van der Waals surface area contributed by atoms with E-state index in [1.54, 1.807) is 19.1 Å². The number of nitrogens with one attached hydrogen (secondary N) is 1. The molecule has 2 aromatic carbocycles. The van der Waals surface area contributed by atoms with Gasteiger partial charge in [0, 0.05) is 11.3 Å². The molecule has 0 saturated heterocycles. The van der Waals surface area contributed by atoms with E-state index in [2.05, 4.69) is 10.3 Å². The van der Waals surface area contributed by atoms with Crippen molar-refractivity contribution in [3.8, 4) is 11.3 Å². The number of anilines is 1. The molecular weight excluding hydrogens is 340 g/mol. The Balaban J connectivity index is 1.98. The summed E-state index contributed by atoms with van der Waals surface area (Å²) in [7, 11) is 0. The summed E-state index contributed by atoms with van der Waals surface area (Å²) in [4.78, 5) is 28.8. The molecule has 2 N–H and O–H groups in total. The quantitative estimate of drug-likeness (QED) is 0.711. The normalized spacial score (nSPS) is 10.5. The summed E-state index contributed by atoms with van der Waals surface area (Å²) in [6, 6.07) is 16.6. The third-order valence-electron chi connectivity index (χ3n) is 4.52. The van der Waals surface area contributed by atoms with Gasteiger partial charge in [-0.2, -0.15) is 0 Å². The van der Waals surface area contributed by atoms with Gasteiger partial charge in [0.15, 0.2) is 0 Å². The monoisotopic (exact) mass is 360 g/mol. The number of hydrogen-bond donors (Lipinski definition) is 2. The maximum Gasteiger partial charge on any atom is 0.336 e. The first-order valence-electron chi connectivity index (χ1n) is 8.56. The first-order chi connectivity index (χ1) is 12.9. The fourth-order valence-electron chi connectivity index (χ4n) is 2.97. The molecule has 0 spiro atoms. The molecule has 1 aromatic heterocycles. The minimum absolute atomic E-state index is 0.165. The molecule has 1 amide bonds. The first kappa shape index (κ1) is 18.3. The number of aromatic nitrogens is 1. The number of nitrogens with zero attached hydrogens (tertiary/aromatic N) is 1. The highest BCUT2D eigenvalue weighted by atomic mass is 16.4. The van der Waals surface area contributed by atoms with E-state index in [1.807, 2.05) is 56.3 Å². The number of carboxylic acids is 1. The van der Waals surface area contributed by atoms with Crippen LogP contribution in [0.25, 0.3) is 11.3 Å². The largest absolute Gasteiger partial charge is 0.478 e. The second kappa shape index (κ2) is 7.41. The topological polar surface area (TPSA) is 79.3 Å². The fourth-order valence-corrected chi connectivity index (χ4v) is 2.97. The second-order valence-corrected chi connectivity index (χ2v) is 6.42. The predicted molar refractivity (Wildman–Crippen MR) is 105 cm³/mol. The van der Waals surface area contributed by atoms with Gasteiger partial charge in [-0.1, -0.05) is 42.5 Å². The van der Waals surface area contributed by atoms with Crippen LogP contribution in [0, 0.1) is 20.8 Å². The maximum atomic E-state index is 12.9. The number of hydrogen-bond acceptors (Lipinski definition) is 3. The predicted octanol–water partition coefficient (Wildman–Crippen LogP) is 4.62. The lowest BCUT2D eigenvalue weighted by molar-refractivity contribution is 0.0695. The number of benzene rings is 2. The summed E-state index contributed by atoms with van der Waals surface area (Å²) in [5.74, 6) is -1.39. The van der Waals surface area contributed by atoms with Gasteiger partial charge in [0.2, 0.25) is 0 Å².